The molecule has 0 heterocycles. The average molecular weight is 568 g/mol. The molecule has 0 saturated heterocycles. The Hall–Kier alpha value is -1.59. The van der Waals surface area contributed by atoms with Gasteiger partial charge in [-0.25, -0.2) is 0 Å². The topological polar surface area (TPSA) is 92.7 Å². The summed E-state index contributed by atoms with van der Waals surface area (Å²) in [7, 11) is 0. The van der Waals surface area contributed by atoms with E-state index in [1.807, 2.05) is 0 Å². The minimum Gasteiger partial charge on any atom is -0.480 e. The van der Waals surface area contributed by atoms with Gasteiger partial charge in [-0.2, -0.15) is 0 Å². The largest absolute Gasteiger partial charge is 0.480 e. The number of rotatable bonds is 31. The van der Waals surface area contributed by atoms with E-state index in [0.717, 1.165) is 57.8 Å². The molecule has 0 spiro atoms. The first-order chi connectivity index (χ1) is 19.5. The van der Waals surface area contributed by atoms with Gasteiger partial charge >= 0.3 is 11.9 Å². The molecule has 6 heteroatoms. The first-order valence-corrected chi connectivity index (χ1v) is 17.2. The summed E-state index contributed by atoms with van der Waals surface area (Å²) in [6, 6.07) is 0. The van der Waals surface area contributed by atoms with Crippen LogP contribution in [0.3, 0.4) is 0 Å². The number of ether oxygens (including phenoxy) is 1. The number of hydrogen-bond donors (Lipinski definition) is 2. The van der Waals surface area contributed by atoms with Gasteiger partial charge in [-0.3, -0.25) is 14.4 Å². The van der Waals surface area contributed by atoms with Crippen LogP contribution < -0.4 is 5.32 Å². The summed E-state index contributed by atoms with van der Waals surface area (Å²) in [6.07, 6.45) is 30.8. The molecule has 0 aromatic carbocycles. The molecule has 0 aliphatic rings. The van der Waals surface area contributed by atoms with Gasteiger partial charge in [0.25, 0.3) is 0 Å². The second-order valence-corrected chi connectivity index (χ2v) is 11.8. The smallest absolute Gasteiger partial charge is 0.322 e. The fourth-order valence-corrected chi connectivity index (χ4v) is 5.22. The number of carbonyl (C=O) groups excluding carboxylic acids is 2. The molecule has 40 heavy (non-hydrogen) atoms. The fraction of sp³-hybridized carbons (Fsp3) is 0.912. The first-order valence-electron chi connectivity index (χ1n) is 17.2. The Morgan fingerprint density at radius 1 is 0.550 bits per heavy atom. The van der Waals surface area contributed by atoms with Gasteiger partial charge in [-0.05, 0) is 38.5 Å². The number of amides is 1. The Labute approximate surface area is 247 Å². The lowest BCUT2D eigenvalue weighted by atomic mass is 10.0. The van der Waals surface area contributed by atoms with E-state index in [2.05, 4.69) is 19.2 Å². The zero-order valence-electron chi connectivity index (χ0n) is 26.5. The fourth-order valence-electron chi connectivity index (χ4n) is 5.22. The van der Waals surface area contributed by atoms with E-state index in [4.69, 9.17) is 9.84 Å². The number of nitrogens with one attached hydrogen (secondary N) is 1. The molecular weight excluding hydrogens is 502 g/mol. The molecule has 236 valence electrons. The Kier molecular flexibility index (Phi) is 29.2. The number of carboxylic acids is 1. The van der Waals surface area contributed by atoms with E-state index in [0.29, 0.717) is 12.8 Å². The van der Waals surface area contributed by atoms with Gasteiger partial charge in [-0.1, -0.05) is 136 Å². The molecule has 0 aromatic rings. The molecule has 0 aliphatic heterocycles. The number of carbonyl (C=O) groups is 3. The quantitative estimate of drug-likeness (QED) is 0.0642. The van der Waals surface area contributed by atoms with Gasteiger partial charge in [0.05, 0.1) is 0 Å². The van der Waals surface area contributed by atoms with Crippen LogP contribution in [-0.4, -0.2) is 35.6 Å². The third-order valence-electron chi connectivity index (χ3n) is 7.78. The highest BCUT2D eigenvalue weighted by molar-refractivity contribution is 5.80. The highest BCUT2D eigenvalue weighted by Crippen LogP contribution is 2.18. The number of unbranched alkanes of at least 4 members (excludes halogenated alkanes) is 20. The van der Waals surface area contributed by atoms with Crippen molar-refractivity contribution in [2.45, 2.75) is 193 Å². The van der Waals surface area contributed by atoms with Crippen molar-refractivity contribution < 1.29 is 24.2 Å². The van der Waals surface area contributed by atoms with Crippen LogP contribution in [0.2, 0.25) is 0 Å². The molecule has 1 unspecified atom stereocenters. The maximum Gasteiger partial charge on any atom is 0.322 e. The van der Waals surface area contributed by atoms with Gasteiger partial charge < -0.3 is 15.2 Å². The molecule has 1 amide bonds. The normalized spacial score (nSPS) is 11.8. The van der Waals surface area contributed by atoms with Crippen molar-refractivity contribution in [1.82, 2.24) is 5.32 Å². The molecule has 0 rings (SSSR count). The van der Waals surface area contributed by atoms with E-state index >= 15 is 0 Å². The molecule has 6 nitrogen and oxygen atoms in total. The summed E-state index contributed by atoms with van der Waals surface area (Å²) in [5.74, 6) is -1.26. The Bertz CT molecular complexity index is 595. The first kappa shape index (κ1) is 38.4. The van der Waals surface area contributed by atoms with Crippen LogP contribution in [0.4, 0.5) is 0 Å². The van der Waals surface area contributed by atoms with Crippen LogP contribution in [-0.2, 0) is 19.1 Å². The van der Waals surface area contributed by atoms with Gasteiger partial charge in [0.1, 0.15) is 12.6 Å². The molecular formula is C34H65NO5. The predicted octanol–water partition coefficient (Wildman–Crippen LogP) is 9.67. The Balaban J connectivity index is 4.01. The van der Waals surface area contributed by atoms with Crippen LogP contribution in [0.15, 0.2) is 0 Å². The summed E-state index contributed by atoms with van der Waals surface area (Å²) in [6.45, 7) is 4.18. The molecule has 0 saturated carbocycles. The molecule has 0 fully saturated rings. The third-order valence-corrected chi connectivity index (χ3v) is 7.78. The third kappa shape index (κ3) is 29.4. The highest BCUT2D eigenvalue weighted by Gasteiger charge is 2.14. The van der Waals surface area contributed by atoms with Gasteiger partial charge in [0.2, 0.25) is 5.91 Å². The van der Waals surface area contributed by atoms with Crippen molar-refractivity contribution in [3.8, 4) is 0 Å². The predicted molar refractivity (Wildman–Crippen MR) is 167 cm³/mol. The molecule has 0 radical (unpaired) electrons. The van der Waals surface area contributed by atoms with Gasteiger partial charge in [0, 0.05) is 12.8 Å². The lowest BCUT2D eigenvalue weighted by molar-refractivity contribution is -0.150. The number of esters is 1. The second kappa shape index (κ2) is 30.4. The van der Waals surface area contributed by atoms with Crippen LogP contribution in [0, 0.1) is 0 Å². The van der Waals surface area contributed by atoms with Crippen LogP contribution >= 0.6 is 0 Å². The van der Waals surface area contributed by atoms with Crippen LogP contribution in [0.5, 0.6) is 0 Å². The average Bonchev–Trinajstić information content (AvgIpc) is 2.93. The maximum absolute atomic E-state index is 12.5. The van der Waals surface area contributed by atoms with Crippen molar-refractivity contribution in [2.24, 2.45) is 0 Å². The number of hydrogen-bond acceptors (Lipinski definition) is 4. The van der Waals surface area contributed by atoms with Crippen molar-refractivity contribution in [1.29, 1.82) is 0 Å². The Morgan fingerprint density at radius 3 is 1.35 bits per heavy atom. The number of aliphatic carboxylic acids is 1. The minimum atomic E-state index is -1.02. The zero-order valence-corrected chi connectivity index (χ0v) is 26.5. The van der Waals surface area contributed by atoms with E-state index in [1.165, 1.54) is 103 Å². The monoisotopic (exact) mass is 567 g/mol. The summed E-state index contributed by atoms with van der Waals surface area (Å²) in [5.41, 5.74) is 0. The van der Waals surface area contributed by atoms with Gasteiger partial charge in [-0.15, -0.1) is 0 Å². The lowest BCUT2D eigenvalue weighted by Gasteiger charge is -2.18. The highest BCUT2D eigenvalue weighted by atomic mass is 16.5. The molecule has 0 aromatic heterocycles. The van der Waals surface area contributed by atoms with Crippen molar-refractivity contribution >= 4 is 17.8 Å². The van der Waals surface area contributed by atoms with Crippen molar-refractivity contribution in [3.05, 3.63) is 0 Å². The Morgan fingerprint density at radius 2 is 0.925 bits per heavy atom. The van der Waals surface area contributed by atoms with Crippen LogP contribution in [0.1, 0.15) is 187 Å². The SMILES string of the molecule is CCCCCCCCCCCCCCCC(=O)OC(CCCCCCCC)CCCCCCC(=O)NCC(=O)O. The molecule has 0 aliphatic carbocycles. The van der Waals surface area contributed by atoms with Crippen molar-refractivity contribution in [3.63, 3.8) is 0 Å². The standard InChI is InChI=1S/C34H65NO5/c1-3-5-7-9-11-12-13-14-15-16-17-19-25-29-34(39)40-31(26-22-18-10-8-6-4-2)27-23-20-21-24-28-32(36)35-30-33(37)38/h31H,3-30H2,1-2H3,(H,35,36)(H,37,38). The van der Waals surface area contributed by atoms with E-state index < -0.39 is 5.97 Å². The molecule has 2 N–H and O–H groups in total. The van der Waals surface area contributed by atoms with Gasteiger partial charge in [0.15, 0.2) is 0 Å². The lowest BCUT2D eigenvalue weighted by Crippen LogP contribution is -2.28. The molecule has 1 atom stereocenters. The zero-order chi connectivity index (χ0) is 29.5. The van der Waals surface area contributed by atoms with E-state index in [-0.39, 0.29) is 24.5 Å². The van der Waals surface area contributed by atoms with Crippen LogP contribution in [0.25, 0.3) is 0 Å². The van der Waals surface area contributed by atoms with E-state index in [9.17, 15) is 14.4 Å². The van der Waals surface area contributed by atoms with E-state index in [1.54, 1.807) is 0 Å². The maximum atomic E-state index is 12.5. The van der Waals surface area contributed by atoms with Crippen molar-refractivity contribution in [2.75, 3.05) is 6.54 Å². The summed E-state index contributed by atoms with van der Waals surface area (Å²) >= 11 is 0. The summed E-state index contributed by atoms with van der Waals surface area (Å²) in [4.78, 5) is 34.7. The summed E-state index contributed by atoms with van der Waals surface area (Å²) < 4.78 is 5.93. The summed E-state index contributed by atoms with van der Waals surface area (Å²) in [5, 5.41) is 11.0. The number of carboxylic acid groups (broad SMARTS) is 1. The molecule has 0 bridgehead atoms. The second-order valence-electron chi connectivity index (χ2n) is 11.8. The minimum absolute atomic E-state index is 0.0134.